The zero-order valence-electron chi connectivity index (χ0n) is 13.6. The van der Waals surface area contributed by atoms with Gasteiger partial charge in [0, 0.05) is 23.3 Å². The lowest BCUT2D eigenvalue weighted by Crippen LogP contribution is -2.22. The molecule has 0 bridgehead atoms. The summed E-state index contributed by atoms with van der Waals surface area (Å²) in [4.78, 5) is 10.8. The molecule has 0 unspecified atom stereocenters. The number of ether oxygens (including phenoxy) is 1. The average molecular weight is 435 g/mol. The van der Waals surface area contributed by atoms with Crippen LogP contribution < -0.4 is 0 Å². The molecule has 0 saturated carbocycles. The van der Waals surface area contributed by atoms with Crippen molar-refractivity contribution in [2.24, 2.45) is 0 Å². The molecule has 0 amide bonds. The van der Waals surface area contributed by atoms with E-state index in [1.54, 1.807) is 12.1 Å². The maximum atomic E-state index is 11.2. The summed E-state index contributed by atoms with van der Waals surface area (Å²) in [7, 11) is 0. The van der Waals surface area contributed by atoms with E-state index < -0.39 is 5.60 Å². The molecule has 0 aromatic heterocycles. The second-order valence-electron chi connectivity index (χ2n) is 5.80. The van der Waals surface area contributed by atoms with Crippen LogP contribution in [0.4, 0.5) is 5.69 Å². The van der Waals surface area contributed by atoms with Crippen molar-refractivity contribution >= 4 is 37.6 Å². The van der Waals surface area contributed by atoms with Gasteiger partial charge in [-0.05, 0) is 47.1 Å². The summed E-state index contributed by atoms with van der Waals surface area (Å²) in [6.45, 7) is 4.12. The van der Waals surface area contributed by atoms with E-state index in [-0.39, 0.29) is 10.6 Å². The van der Waals surface area contributed by atoms with Crippen LogP contribution in [-0.4, -0.2) is 4.92 Å². The van der Waals surface area contributed by atoms with Crippen LogP contribution in [0, 0.1) is 10.1 Å². The summed E-state index contributed by atoms with van der Waals surface area (Å²) in [5.41, 5.74) is 2.57. The molecule has 2 aromatic carbocycles. The van der Waals surface area contributed by atoms with Crippen LogP contribution in [0.3, 0.4) is 0 Å². The molecule has 5 heteroatoms. The van der Waals surface area contributed by atoms with Crippen LogP contribution in [0.2, 0.25) is 0 Å². The molecule has 0 radical (unpaired) electrons. The lowest BCUT2D eigenvalue weighted by Gasteiger charge is -2.27. The first kappa shape index (κ1) is 17.0. The quantitative estimate of drug-likeness (QED) is 0.341. The average Bonchev–Trinajstić information content (AvgIpc) is 2.96. The van der Waals surface area contributed by atoms with Crippen molar-refractivity contribution in [2.75, 3.05) is 0 Å². The van der Waals surface area contributed by atoms with E-state index in [1.165, 1.54) is 0 Å². The monoisotopic (exact) mass is 435 g/mol. The van der Waals surface area contributed by atoms with Gasteiger partial charge in [0.25, 0.3) is 5.69 Å². The maximum absolute atomic E-state index is 11.2. The lowest BCUT2D eigenvalue weighted by atomic mass is 9.87. The number of nitrogens with zero attached hydrogens (tertiary/aromatic N) is 1. The van der Waals surface area contributed by atoms with Crippen LogP contribution >= 0.6 is 22.6 Å². The van der Waals surface area contributed by atoms with E-state index in [4.69, 9.17) is 4.74 Å². The smallest absolute Gasteiger partial charge is 0.269 e. The predicted molar refractivity (Wildman–Crippen MR) is 104 cm³/mol. The molecule has 1 heterocycles. The highest BCUT2D eigenvalue weighted by Crippen LogP contribution is 2.51. The van der Waals surface area contributed by atoms with Crippen LogP contribution in [-0.2, 0) is 10.3 Å². The van der Waals surface area contributed by atoms with E-state index in [1.807, 2.05) is 36.4 Å². The highest BCUT2D eigenvalue weighted by Gasteiger charge is 2.42. The summed E-state index contributed by atoms with van der Waals surface area (Å²) in [6.07, 6.45) is 1.53. The summed E-state index contributed by atoms with van der Waals surface area (Å²) in [5.74, 6) is 0.815. The van der Waals surface area contributed by atoms with Gasteiger partial charge in [-0.1, -0.05) is 44.2 Å². The molecule has 0 aliphatic carbocycles. The van der Waals surface area contributed by atoms with Crippen molar-refractivity contribution < 1.29 is 9.66 Å². The molecular weight excluding hydrogens is 417 g/mol. The lowest BCUT2D eigenvalue weighted by molar-refractivity contribution is -0.385. The first-order valence-corrected chi connectivity index (χ1v) is 9.03. The molecule has 1 aliphatic rings. The molecular formula is C19H18INO3. The zero-order chi connectivity index (χ0) is 17.3. The fourth-order valence-electron chi connectivity index (χ4n) is 3.18. The van der Waals surface area contributed by atoms with Crippen molar-refractivity contribution in [3.63, 3.8) is 0 Å². The molecule has 0 saturated heterocycles. The minimum absolute atomic E-state index is 0.111. The van der Waals surface area contributed by atoms with Gasteiger partial charge in [-0.15, -0.1) is 0 Å². The van der Waals surface area contributed by atoms with E-state index in [0.717, 1.165) is 38.9 Å². The zero-order valence-corrected chi connectivity index (χ0v) is 15.7. The van der Waals surface area contributed by atoms with Crippen LogP contribution in [0.5, 0.6) is 0 Å². The van der Waals surface area contributed by atoms with Crippen molar-refractivity contribution in [3.8, 4) is 0 Å². The van der Waals surface area contributed by atoms with E-state index in [9.17, 15) is 10.1 Å². The highest BCUT2D eigenvalue weighted by atomic mass is 127. The third kappa shape index (κ3) is 2.70. The summed E-state index contributed by atoms with van der Waals surface area (Å²) in [6, 6.07) is 15.1. The number of rotatable bonds is 4. The Morgan fingerprint density at radius 1 is 1.17 bits per heavy atom. The number of benzene rings is 2. The number of nitro benzene ring substituents is 1. The van der Waals surface area contributed by atoms with Crippen molar-refractivity contribution in [1.82, 2.24) is 0 Å². The SMILES string of the molecule is CCC1(CC)O/C(=C(\I)c2ccccc2)c2ccc([N+](=O)[O-])cc21. The maximum Gasteiger partial charge on any atom is 0.269 e. The number of nitro groups is 1. The third-order valence-corrected chi connectivity index (χ3v) is 5.73. The van der Waals surface area contributed by atoms with Gasteiger partial charge in [-0.3, -0.25) is 10.1 Å². The number of hydrogen-bond donors (Lipinski definition) is 0. The van der Waals surface area contributed by atoms with Crippen LogP contribution in [0.25, 0.3) is 9.34 Å². The van der Waals surface area contributed by atoms with Crippen molar-refractivity contribution in [1.29, 1.82) is 0 Å². The molecule has 4 nitrogen and oxygen atoms in total. The van der Waals surface area contributed by atoms with E-state index >= 15 is 0 Å². The molecule has 0 N–H and O–H groups in total. The summed E-state index contributed by atoms with van der Waals surface area (Å²) < 4.78 is 7.44. The molecule has 24 heavy (non-hydrogen) atoms. The van der Waals surface area contributed by atoms with Crippen molar-refractivity contribution in [2.45, 2.75) is 32.3 Å². The Bertz CT molecular complexity index is 811. The Hall–Kier alpha value is -1.89. The van der Waals surface area contributed by atoms with Gasteiger partial charge in [-0.2, -0.15) is 0 Å². The highest BCUT2D eigenvalue weighted by molar-refractivity contribution is 14.1. The topological polar surface area (TPSA) is 52.4 Å². The van der Waals surface area contributed by atoms with Gasteiger partial charge in [0.1, 0.15) is 11.4 Å². The fraction of sp³-hybridized carbons (Fsp3) is 0.263. The van der Waals surface area contributed by atoms with Gasteiger partial charge < -0.3 is 4.74 Å². The molecule has 2 aromatic rings. The third-order valence-electron chi connectivity index (χ3n) is 4.62. The Kier molecular flexibility index (Phi) is 4.62. The van der Waals surface area contributed by atoms with Gasteiger partial charge in [0.05, 0.1) is 8.50 Å². The Labute approximate surface area is 154 Å². The molecule has 3 rings (SSSR count). The summed E-state index contributed by atoms with van der Waals surface area (Å²) >= 11 is 2.30. The Balaban J connectivity index is 2.23. The van der Waals surface area contributed by atoms with Gasteiger partial charge in [0.2, 0.25) is 0 Å². The molecule has 0 atom stereocenters. The predicted octanol–water partition coefficient (Wildman–Crippen LogP) is 5.90. The normalized spacial score (nSPS) is 17.1. The van der Waals surface area contributed by atoms with Gasteiger partial charge >= 0.3 is 0 Å². The number of hydrogen-bond acceptors (Lipinski definition) is 3. The van der Waals surface area contributed by atoms with Gasteiger partial charge in [-0.25, -0.2) is 0 Å². The largest absolute Gasteiger partial charge is 0.481 e. The number of fused-ring (bicyclic) bond motifs is 1. The van der Waals surface area contributed by atoms with Crippen LogP contribution in [0.1, 0.15) is 43.4 Å². The van der Waals surface area contributed by atoms with E-state index in [2.05, 4.69) is 36.4 Å². The second kappa shape index (κ2) is 6.55. The first-order valence-electron chi connectivity index (χ1n) is 7.96. The van der Waals surface area contributed by atoms with Crippen LogP contribution in [0.15, 0.2) is 48.5 Å². The van der Waals surface area contributed by atoms with Crippen molar-refractivity contribution in [3.05, 3.63) is 75.3 Å². The fourth-order valence-corrected chi connectivity index (χ4v) is 3.94. The summed E-state index contributed by atoms with van der Waals surface area (Å²) in [5, 5.41) is 11.2. The molecule has 0 fully saturated rings. The Morgan fingerprint density at radius 3 is 2.42 bits per heavy atom. The minimum Gasteiger partial charge on any atom is -0.481 e. The second-order valence-corrected chi connectivity index (χ2v) is 6.88. The number of non-ortho nitro benzene ring substituents is 1. The minimum atomic E-state index is -0.498. The van der Waals surface area contributed by atoms with E-state index in [0.29, 0.717) is 0 Å². The molecule has 124 valence electrons. The standard InChI is InChI=1S/C19H18INO3/c1-3-19(4-2)16-12-14(21(22)23)10-11-15(16)18(24-19)17(20)13-8-6-5-7-9-13/h5-12H,3-4H2,1-2H3/b18-17-. The molecule has 0 spiro atoms. The Morgan fingerprint density at radius 2 is 1.83 bits per heavy atom. The molecule has 1 aliphatic heterocycles. The number of halogens is 1. The van der Waals surface area contributed by atoms with Gasteiger partial charge in [0.15, 0.2) is 0 Å². The first-order chi connectivity index (χ1) is 11.5.